The van der Waals surface area contributed by atoms with Crippen LogP contribution in [0.1, 0.15) is 79.1 Å². The van der Waals surface area contributed by atoms with Crippen molar-refractivity contribution in [2.45, 2.75) is 90.1 Å². The number of hydrogen-bond donors (Lipinski definition) is 0. The fourth-order valence-electron chi connectivity index (χ4n) is 2.34. The minimum Gasteiger partial charge on any atom is -0.461 e. The summed E-state index contributed by atoms with van der Waals surface area (Å²) >= 11 is 0. The van der Waals surface area contributed by atoms with E-state index in [0.29, 0.717) is 12.8 Å². The number of hydrogen-bond acceptors (Lipinski definition) is 5. The lowest BCUT2D eigenvalue weighted by molar-refractivity contribution is -0.189. The molecule has 1 fully saturated rings. The van der Waals surface area contributed by atoms with Crippen LogP contribution in [0.25, 0.3) is 0 Å². The summed E-state index contributed by atoms with van der Waals surface area (Å²) in [5.41, 5.74) is 0. The first kappa shape index (κ1) is 19.2. The van der Waals surface area contributed by atoms with E-state index in [1.54, 1.807) is 13.8 Å². The van der Waals surface area contributed by atoms with Crippen molar-refractivity contribution in [3.8, 4) is 0 Å². The van der Waals surface area contributed by atoms with E-state index in [-0.39, 0.29) is 11.9 Å². The van der Waals surface area contributed by atoms with Crippen LogP contribution in [-0.2, 0) is 23.5 Å². The second-order valence-electron chi connectivity index (χ2n) is 7.02. The smallest absolute Gasteiger partial charge is 0.308 e. The van der Waals surface area contributed by atoms with E-state index in [0.717, 1.165) is 38.5 Å². The highest BCUT2D eigenvalue weighted by Crippen LogP contribution is 2.19. The number of cyclic esters (lactones) is 2. The summed E-state index contributed by atoms with van der Waals surface area (Å²) in [6.45, 7) is 7.19. The predicted octanol–water partition coefficient (Wildman–Crippen LogP) is 2.78. The molecule has 0 saturated carbocycles. The summed E-state index contributed by atoms with van der Waals surface area (Å²) in [6.07, 6.45) is 6.84. The third kappa shape index (κ3) is 8.53. The normalized spacial score (nSPS) is 26.2. The van der Waals surface area contributed by atoms with Gasteiger partial charge >= 0.3 is 11.9 Å². The molecule has 0 radical (unpaired) electrons. The van der Waals surface area contributed by atoms with Crippen LogP contribution in [-0.4, -0.2) is 32.7 Å². The summed E-state index contributed by atoms with van der Waals surface area (Å²) in [5, 5.41) is -0.599. The first-order chi connectivity index (χ1) is 10.2. The highest BCUT2D eigenvalue weighted by Gasteiger charge is 2.30. The van der Waals surface area contributed by atoms with Crippen molar-refractivity contribution in [3.05, 3.63) is 0 Å². The topological polar surface area (TPSA) is 61.8 Å². The van der Waals surface area contributed by atoms with Crippen LogP contribution >= 0.6 is 0 Å². The van der Waals surface area contributed by atoms with Crippen LogP contribution in [0.15, 0.2) is 0 Å². The van der Waals surface area contributed by atoms with E-state index in [1.165, 1.54) is 0 Å². The lowest BCUT2D eigenvalue weighted by Crippen LogP contribution is -2.42. The fraction of sp³-hybridized carbons (Fsp3) is 0.875. The standard InChI is InChI=1S/C16H30O5Si/c1-15(2)19-13(17)11-9-7-5-6-8-10-12-14(18)20-16(3,4)22-21-15/h5-12,22H2,1-4H3. The summed E-state index contributed by atoms with van der Waals surface area (Å²) < 4.78 is 16.7. The van der Waals surface area contributed by atoms with Gasteiger partial charge in [-0.1, -0.05) is 25.7 Å². The molecule has 0 atom stereocenters. The maximum Gasteiger partial charge on any atom is 0.308 e. The van der Waals surface area contributed by atoms with Gasteiger partial charge in [0.1, 0.15) is 5.22 Å². The predicted molar refractivity (Wildman–Crippen MR) is 86.9 cm³/mol. The van der Waals surface area contributed by atoms with Gasteiger partial charge in [-0.2, -0.15) is 0 Å². The Kier molecular flexibility index (Phi) is 7.55. The fourth-order valence-corrected chi connectivity index (χ4v) is 3.31. The Balaban J connectivity index is 2.62. The number of rotatable bonds is 0. The molecular weight excluding hydrogens is 300 g/mol. The zero-order valence-corrected chi connectivity index (χ0v) is 15.8. The molecule has 6 heteroatoms. The molecule has 0 bridgehead atoms. The Labute approximate surface area is 136 Å². The summed E-state index contributed by atoms with van der Waals surface area (Å²) in [6, 6.07) is 0. The minimum atomic E-state index is -1.20. The molecule has 1 heterocycles. The molecule has 1 rings (SSSR count). The largest absolute Gasteiger partial charge is 0.461 e. The van der Waals surface area contributed by atoms with Crippen molar-refractivity contribution in [2.24, 2.45) is 0 Å². The van der Waals surface area contributed by atoms with E-state index in [9.17, 15) is 9.59 Å². The average Bonchev–Trinajstić information content (AvgIpc) is 2.38. The Hall–Kier alpha value is -0.883. The van der Waals surface area contributed by atoms with Crippen LogP contribution in [0.3, 0.4) is 0 Å². The minimum absolute atomic E-state index is 0.164. The van der Waals surface area contributed by atoms with Gasteiger partial charge in [0.25, 0.3) is 0 Å². The van der Waals surface area contributed by atoms with Crippen LogP contribution in [0.5, 0.6) is 0 Å². The molecule has 128 valence electrons. The lowest BCUT2D eigenvalue weighted by Gasteiger charge is -2.31. The van der Waals surface area contributed by atoms with Gasteiger partial charge in [-0.15, -0.1) is 0 Å². The second-order valence-corrected chi connectivity index (χ2v) is 9.30. The quantitative estimate of drug-likeness (QED) is 0.505. The second kappa shape index (κ2) is 8.67. The summed E-state index contributed by atoms with van der Waals surface area (Å²) in [4.78, 5) is 23.7. The average molecular weight is 330 g/mol. The number of carbonyl (C=O) groups excluding carboxylic acids is 2. The zero-order chi connectivity index (χ0) is 16.6. The third-order valence-corrected chi connectivity index (χ3v) is 5.21. The molecule has 0 unspecified atom stereocenters. The van der Waals surface area contributed by atoms with E-state index in [4.69, 9.17) is 13.9 Å². The maximum atomic E-state index is 11.9. The molecule has 1 aliphatic heterocycles. The molecular formula is C16H30O5Si. The Morgan fingerprint density at radius 2 is 1.23 bits per heavy atom. The highest BCUT2D eigenvalue weighted by atomic mass is 28.2. The van der Waals surface area contributed by atoms with E-state index >= 15 is 0 Å². The molecule has 0 aromatic heterocycles. The first-order valence-corrected chi connectivity index (χ1v) is 9.56. The van der Waals surface area contributed by atoms with Gasteiger partial charge in [-0.3, -0.25) is 9.59 Å². The molecule has 22 heavy (non-hydrogen) atoms. The van der Waals surface area contributed by atoms with Crippen molar-refractivity contribution in [2.75, 3.05) is 0 Å². The van der Waals surface area contributed by atoms with Crippen LogP contribution < -0.4 is 0 Å². The van der Waals surface area contributed by atoms with E-state index < -0.39 is 20.8 Å². The Morgan fingerprint density at radius 3 is 1.77 bits per heavy atom. The summed E-state index contributed by atoms with van der Waals surface area (Å²) in [7, 11) is -1.20. The van der Waals surface area contributed by atoms with Gasteiger partial charge < -0.3 is 13.9 Å². The highest BCUT2D eigenvalue weighted by molar-refractivity contribution is 6.32. The van der Waals surface area contributed by atoms with Crippen molar-refractivity contribution in [3.63, 3.8) is 0 Å². The lowest BCUT2D eigenvalue weighted by atomic mass is 10.1. The first-order valence-electron chi connectivity index (χ1n) is 8.28. The van der Waals surface area contributed by atoms with Crippen molar-refractivity contribution in [1.82, 2.24) is 0 Å². The Bertz CT molecular complexity index is 343. The third-order valence-electron chi connectivity index (χ3n) is 3.53. The van der Waals surface area contributed by atoms with Crippen LogP contribution in [0.2, 0.25) is 0 Å². The Morgan fingerprint density at radius 1 is 0.773 bits per heavy atom. The number of ether oxygens (including phenoxy) is 2. The van der Waals surface area contributed by atoms with Crippen molar-refractivity contribution < 1.29 is 23.5 Å². The molecule has 5 nitrogen and oxygen atoms in total. The molecule has 0 aromatic rings. The van der Waals surface area contributed by atoms with Gasteiger partial charge in [-0.05, 0) is 26.7 Å². The summed E-state index contributed by atoms with van der Waals surface area (Å²) in [5.74, 6) is -1.34. The molecule has 0 aromatic carbocycles. The molecule has 0 amide bonds. The van der Waals surface area contributed by atoms with Gasteiger partial charge in [0.05, 0.1) is 0 Å². The number of esters is 2. The van der Waals surface area contributed by atoms with Crippen LogP contribution in [0, 0.1) is 0 Å². The van der Waals surface area contributed by atoms with Crippen LogP contribution in [0.4, 0.5) is 0 Å². The van der Waals surface area contributed by atoms with Gasteiger partial charge in [-0.25, -0.2) is 0 Å². The SMILES string of the molecule is CC1(C)O[SiH2]C(C)(C)OC(=O)CCCCCCCCC(=O)O1. The van der Waals surface area contributed by atoms with Crippen molar-refractivity contribution in [1.29, 1.82) is 0 Å². The molecule has 1 saturated heterocycles. The molecule has 1 aliphatic rings. The molecule has 0 aliphatic carbocycles. The molecule has 0 spiro atoms. The maximum absolute atomic E-state index is 11.9. The zero-order valence-electron chi connectivity index (χ0n) is 14.4. The number of carbonyl (C=O) groups is 2. The monoisotopic (exact) mass is 330 g/mol. The van der Waals surface area contributed by atoms with Crippen molar-refractivity contribution >= 4 is 21.7 Å². The van der Waals surface area contributed by atoms with Gasteiger partial charge in [0, 0.05) is 26.7 Å². The molecule has 0 N–H and O–H groups in total. The van der Waals surface area contributed by atoms with Gasteiger partial charge in [0.15, 0.2) is 5.79 Å². The van der Waals surface area contributed by atoms with E-state index in [1.807, 2.05) is 13.8 Å². The van der Waals surface area contributed by atoms with Gasteiger partial charge in [0.2, 0.25) is 9.76 Å². The van der Waals surface area contributed by atoms with E-state index in [2.05, 4.69) is 0 Å².